The minimum absolute atomic E-state index is 0.0327. The normalized spacial score (nSPS) is 25.2. The number of carbonyl (C=O) groups is 2. The predicted molar refractivity (Wildman–Crippen MR) is 88.0 cm³/mol. The van der Waals surface area contributed by atoms with Gasteiger partial charge < -0.3 is 14.6 Å². The van der Waals surface area contributed by atoms with Crippen LogP contribution in [-0.4, -0.2) is 57.6 Å². The molecule has 1 aliphatic heterocycles. The Morgan fingerprint density at radius 1 is 1.36 bits per heavy atom. The third kappa shape index (κ3) is 3.89. The Hall–Kier alpha value is -1.83. The summed E-state index contributed by atoms with van der Waals surface area (Å²) in [6.07, 6.45) is 0.634. The lowest BCUT2D eigenvalue weighted by Crippen LogP contribution is -2.48. The minimum Gasteiger partial charge on any atom is -0.418 e. The molecule has 3 rings (SSSR count). The maximum Gasteiger partial charge on any atom is 0.286 e. The minimum atomic E-state index is -1.23. The molecule has 2 atom stereocenters. The van der Waals surface area contributed by atoms with Crippen LogP contribution in [0.3, 0.4) is 0 Å². The highest BCUT2D eigenvalue weighted by molar-refractivity contribution is 5.99. The molecule has 1 N–H and O–H groups in total. The molecule has 1 aromatic rings. The van der Waals surface area contributed by atoms with Crippen molar-refractivity contribution < 1.29 is 18.4 Å². The number of hydrogen-bond acceptors (Lipinski definition) is 6. The number of amides is 1. The van der Waals surface area contributed by atoms with Crippen LogP contribution in [0.4, 0.5) is 4.39 Å². The van der Waals surface area contributed by atoms with Crippen LogP contribution in [0.5, 0.6) is 0 Å². The molecule has 2 heterocycles. The average Bonchev–Trinajstić information content (AvgIpc) is 2.97. The molecule has 0 radical (unpaired) electrons. The SMILES string of the molecule is CC(C)(C)NCC(=O)N1C[C@@H](F)CC1C(=O)c1nnc(C2(C)CC2)o1. The van der Waals surface area contributed by atoms with Crippen molar-refractivity contribution in [2.24, 2.45) is 0 Å². The zero-order chi connectivity index (χ0) is 18.4. The fourth-order valence-electron chi connectivity index (χ4n) is 2.86. The molecule has 0 aromatic carbocycles. The van der Waals surface area contributed by atoms with E-state index in [-0.39, 0.29) is 42.3 Å². The predicted octanol–water partition coefficient (Wildman–Crippen LogP) is 1.63. The molecule has 8 heteroatoms. The Morgan fingerprint density at radius 3 is 2.64 bits per heavy atom. The summed E-state index contributed by atoms with van der Waals surface area (Å²) in [5.74, 6) is -0.476. The summed E-state index contributed by atoms with van der Waals surface area (Å²) in [5.41, 5.74) is -0.388. The molecule has 138 valence electrons. The second-order valence-electron chi connectivity index (χ2n) is 8.34. The monoisotopic (exact) mass is 352 g/mol. The number of nitrogens with zero attached hydrogens (tertiary/aromatic N) is 3. The van der Waals surface area contributed by atoms with Gasteiger partial charge in [0.05, 0.1) is 13.1 Å². The second kappa shape index (κ2) is 6.16. The van der Waals surface area contributed by atoms with E-state index in [9.17, 15) is 14.0 Å². The van der Waals surface area contributed by atoms with Crippen LogP contribution < -0.4 is 5.32 Å². The zero-order valence-electron chi connectivity index (χ0n) is 15.1. The summed E-state index contributed by atoms with van der Waals surface area (Å²) in [5, 5.41) is 10.9. The summed E-state index contributed by atoms with van der Waals surface area (Å²) in [4.78, 5) is 26.4. The average molecular weight is 352 g/mol. The topological polar surface area (TPSA) is 88.3 Å². The van der Waals surface area contributed by atoms with Crippen LogP contribution in [0.25, 0.3) is 0 Å². The van der Waals surface area contributed by atoms with Crippen molar-refractivity contribution in [3.05, 3.63) is 11.8 Å². The Morgan fingerprint density at radius 2 is 2.04 bits per heavy atom. The van der Waals surface area contributed by atoms with E-state index in [1.165, 1.54) is 4.90 Å². The highest BCUT2D eigenvalue weighted by atomic mass is 19.1. The van der Waals surface area contributed by atoms with Gasteiger partial charge in [0.15, 0.2) is 0 Å². The molecule has 0 bridgehead atoms. The number of aromatic nitrogens is 2. The van der Waals surface area contributed by atoms with Crippen LogP contribution in [0.2, 0.25) is 0 Å². The number of hydrogen-bond donors (Lipinski definition) is 1. The Labute approximate surface area is 146 Å². The number of rotatable bonds is 5. The van der Waals surface area contributed by atoms with Crippen LogP contribution >= 0.6 is 0 Å². The highest BCUT2D eigenvalue weighted by Gasteiger charge is 2.46. The van der Waals surface area contributed by atoms with Crippen molar-refractivity contribution >= 4 is 11.7 Å². The number of carbonyl (C=O) groups excluding carboxylic acids is 2. The van der Waals surface area contributed by atoms with E-state index in [0.717, 1.165) is 12.8 Å². The van der Waals surface area contributed by atoms with E-state index in [1.54, 1.807) is 0 Å². The largest absolute Gasteiger partial charge is 0.418 e. The van der Waals surface area contributed by atoms with Gasteiger partial charge in [-0.3, -0.25) is 9.59 Å². The van der Waals surface area contributed by atoms with Gasteiger partial charge in [0.25, 0.3) is 5.89 Å². The van der Waals surface area contributed by atoms with Crippen molar-refractivity contribution in [3.8, 4) is 0 Å². The van der Waals surface area contributed by atoms with Gasteiger partial charge in [0, 0.05) is 17.4 Å². The molecule has 1 aromatic heterocycles. The Kier molecular flexibility index (Phi) is 4.43. The number of halogens is 1. The molecule has 1 amide bonds. The van der Waals surface area contributed by atoms with Crippen molar-refractivity contribution in [3.63, 3.8) is 0 Å². The van der Waals surface area contributed by atoms with E-state index in [2.05, 4.69) is 15.5 Å². The number of ketones is 1. The van der Waals surface area contributed by atoms with Crippen molar-refractivity contribution in [2.45, 2.75) is 70.1 Å². The molecule has 2 fully saturated rings. The number of alkyl halides is 1. The van der Waals surface area contributed by atoms with Gasteiger partial charge in [-0.2, -0.15) is 0 Å². The van der Waals surface area contributed by atoms with E-state index in [1.807, 2.05) is 27.7 Å². The molecule has 25 heavy (non-hydrogen) atoms. The van der Waals surface area contributed by atoms with Gasteiger partial charge in [-0.25, -0.2) is 4.39 Å². The number of nitrogens with one attached hydrogen (secondary N) is 1. The van der Waals surface area contributed by atoms with Gasteiger partial charge in [0.1, 0.15) is 12.2 Å². The third-order valence-corrected chi connectivity index (χ3v) is 4.80. The highest BCUT2D eigenvalue weighted by Crippen LogP contribution is 2.46. The first kappa shape index (κ1) is 18.0. The molecule has 1 saturated carbocycles. The number of Topliss-reactive ketones (excluding diaryl/α,β-unsaturated/α-hetero) is 1. The summed E-state index contributed by atoms with van der Waals surface area (Å²) in [7, 11) is 0. The Balaban J connectivity index is 1.71. The summed E-state index contributed by atoms with van der Waals surface area (Å²) in [6.45, 7) is 7.76. The first-order valence-electron chi connectivity index (χ1n) is 8.66. The lowest BCUT2D eigenvalue weighted by atomic mass is 10.1. The lowest BCUT2D eigenvalue weighted by Gasteiger charge is -2.25. The van der Waals surface area contributed by atoms with Gasteiger partial charge >= 0.3 is 0 Å². The van der Waals surface area contributed by atoms with Crippen molar-refractivity contribution in [1.29, 1.82) is 0 Å². The molecule has 0 spiro atoms. The van der Waals surface area contributed by atoms with Crippen LogP contribution in [0.15, 0.2) is 4.42 Å². The van der Waals surface area contributed by atoms with E-state index < -0.39 is 18.0 Å². The number of likely N-dealkylation sites (tertiary alicyclic amines) is 1. The summed E-state index contributed by atoms with van der Waals surface area (Å²) >= 11 is 0. The van der Waals surface area contributed by atoms with Gasteiger partial charge in [0.2, 0.25) is 17.6 Å². The standard InChI is InChI=1S/C17H25FN4O3/c1-16(2,3)19-8-12(23)22-9-10(18)7-11(22)13(24)14-20-21-15(25-14)17(4)5-6-17/h10-11,19H,5-9H2,1-4H3/t10-,11?/m0/s1. The van der Waals surface area contributed by atoms with Crippen molar-refractivity contribution in [1.82, 2.24) is 20.4 Å². The van der Waals surface area contributed by atoms with Crippen LogP contribution in [0.1, 0.15) is 63.5 Å². The van der Waals surface area contributed by atoms with E-state index in [0.29, 0.717) is 5.89 Å². The molecular formula is C17H25FN4O3. The van der Waals surface area contributed by atoms with Gasteiger partial charge in [-0.1, -0.05) is 6.92 Å². The maximum absolute atomic E-state index is 13.9. The summed E-state index contributed by atoms with van der Waals surface area (Å²) < 4.78 is 19.4. The molecular weight excluding hydrogens is 327 g/mol. The molecule has 1 saturated heterocycles. The first-order valence-corrected chi connectivity index (χ1v) is 8.66. The molecule has 7 nitrogen and oxygen atoms in total. The van der Waals surface area contributed by atoms with Crippen molar-refractivity contribution in [2.75, 3.05) is 13.1 Å². The fourth-order valence-corrected chi connectivity index (χ4v) is 2.86. The molecule has 2 aliphatic rings. The Bertz CT molecular complexity index is 678. The molecule has 1 unspecified atom stereocenters. The first-order chi connectivity index (χ1) is 11.6. The summed E-state index contributed by atoms with van der Waals surface area (Å²) in [6, 6.07) is -0.885. The third-order valence-electron chi connectivity index (χ3n) is 4.80. The van der Waals surface area contributed by atoms with Crippen LogP contribution in [0, 0.1) is 0 Å². The van der Waals surface area contributed by atoms with Gasteiger partial charge in [-0.05, 0) is 33.6 Å². The van der Waals surface area contributed by atoms with Crippen LogP contribution in [-0.2, 0) is 10.2 Å². The quantitative estimate of drug-likeness (QED) is 0.811. The maximum atomic E-state index is 13.9. The molecule has 1 aliphatic carbocycles. The smallest absolute Gasteiger partial charge is 0.286 e. The lowest BCUT2D eigenvalue weighted by molar-refractivity contribution is -0.130. The zero-order valence-corrected chi connectivity index (χ0v) is 15.1. The van der Waals surface area contributed by atoms with E-state index >= 15 is 0 Å². The fraction of sp³-hybridized carbons (Fsp3) is 0.765. The second-order valence-corrected chi connectivity index (χ2v) is 8.34. The van der Waals surface area contributed by atoms with Gasteiger partial charge in [-0.15, -0.1) is 10.2 Å². The van der Waals surface area contributed by atoms with E-state index in [4.69, 9.17) is 4.42 Å².